The second-order valence-corrected chi connectivity index (χ2v) is 8.70. The molecule has 1 aliphatic rings. The summed E-state index contributed by atoms with van der Waals surface area (Å²) < 4.78 is 30.8. The number of anilines is 1. The number of morpholine rings is 1. The molecule has 39 heavy (non-hydrogen) atoms. The van der Waals surface area contributed by atoms with E-state index in [4.69, 9.17) is 15.2 Å². The first-order valence-corrected chi connectivity index (χ1v) is 12.1. The fourth-order valence-corrected chi connectivity index (χ4v) is 3.92. The number of amides is 1. The minimum Gasteiger partial charge on any atom is -0.489 e. The van der Waals surface area contributed by atoms with Crippen molar-refractivity contribution in [3.05, 3.63) is 76.9 Å². The van der Waals surface area contributed by atoms with Crippen molar-refractivity contribution in [1.29, 1.82) is 0 Å². The molecule has 0 aliphatic carbocycles. The number of hydrogen-bond acceptors (Lipinski definition) is 11. The first-order chi connectivity index (χ1) is 19.0. The second kappa shape index (κ2) is 11.8. The van der Waals surface area contributed by atoms with Gasteiger partial charge in [0.2, 0.25) is 11.6 Å². The van der Waals surface area contributed by atoms with Crippen LogP contribution in [0, 0.1) is 5.82 Å². The van der Waals surface area contributed by atoms with Crippen LogP contribution in [0.2, 0.25) is 0 Å². The van der Waals surface area contributed by atoms with Crippen molar-refractivity contribution >= 4 is 17.4 Å². The third kappa shape index (κ3) is 6.08. The average molecular weight is 536 g/mol. The van der Waals surface area contributed by atoms with E-state index in [0.29, 0.717) is 55.6 Å². The predicted molar refractivity (Wildman–Crippen MR) is 137 cm³/mol. The molecule has 0 spiro atoms. The van der Waals surface area contributed by atoms with Crippen LogP contribution < -0.4 is 15.9 Å². The summed E-state index contributed by atoms with van der Waals surface area (Å²) in [7, 11) is 0. The Morgan fingerprint density at radius 3 is 2.64 bits per heavy atom. The Morgan fingerprint density at radius 1 is 1.15 bits per heavy atom. The van der Waals surface area contributed by atoms with Crippen molar-refractivity contribution in [1.82, 2.24) is 35.6 Å². The van der Waals surface area contributed by atoms with E-state index >= 15 is 0 Å². The highest BCUT2D eigenvalue weighted by Gasteiger charge is 2.26. The summed E-state index contributed by atoms with van der Waals surface area (Å²) in [4.78, 5) is 15.4. The number of halogens is 1. The maximum Gasteiger partial charge on any atom is 0.292 e. The average Bonchev–Trinajstić information content (AvgIpc) is 3.57. The molecule has 14 heteroatoms. The van der Waals surface area contributed by atoms with Gasteiger partial charge in [0, 0.05) is 25.2 Å². The molecule has 1 saturated heterocycles. The van der Waals surface area contributed by atoms with Gasteiger partial charge in [-0.2, -0.15) is 9.78 Å². The Labute approximate surface area is 222 Å². The van der Waals surface area contributed by atoms with E-state index in [1.165, 1.54) is 10.7 Å². The number of rotatable bonds is 9. The molecule has 5 rings (SSSR count). The summed E-state index contributed by atoms with van der Waals surface area (Å²) in [5, 5.41) is 19.8. The molecule has 0 bridgehead atoms. The number of hydrazone groups is 1. The zero-order chi connectivity index (χ0) is 27.2. The molecule has 2 aromatic heterocycles. The van der Waals surface area contributed by atoms with Crippen LogP contribution in [0.3, 0.4) is 0 Å². The number of nitrogen functional groups attached to an aromatic ring is 1. The van der Waals surface area contributed by atoms with E-state index in [1.807, 2.05) is 0 Å². The highest BCUT2D eigenvalue weighted by Crippen LogP contribution is 2.19. The molecular formula is C25H26FN9O4. The molecule has 0 radical (unpaired) electrons. The number of carbonyl (C=O) groups excluding carboxylic acids is 1. The van der Waals surface area contributed by atoms with Crippen LogP contribution in [0.4, 0.5) is 10.2 Å². The lowest BCUT2D eigenvalue weighted by Gasteiger charge is -2.25. The Bertz CT molecular complexity index is 1460. The van der Waals surface area contributed by atoms with E-state index in [9.17, 15) is 9.18 Å². The zero-order valence-electron chi connectivity index (χ0n) is 21.1. The molecule has 202 valence electrons. The second-order valence-electron chi connectivity index (χ2n) is 8.70. The van der Waals surface area contributed by atoms with E-state index in [0.717, 1.165) is 5.56 Å². The third-order valence-corrected chi connectivity index (χ3v) is 6.08. The van der Waals surface area contributed by atoms with Gasteiger partial charge in [-0.05, 0) is 53.1 Å². The minimum absolute atomic E-state index is 0.0381. The number of nitrogens with zero attached hydrogens (tertiary/aromatic N) is 7. The van der Waals surface area contributed by atoms with Gasteiger partial charge in [-0.25, -0.2) is 14.4 Å². The zero-order valence-corrected chi connectivity index (χ0v) is 21.1. The summed E-state index contributed by atoms with van der Waals surface area (Å²) in [5.74, 6) is -0.299. The van der Waals surface area contributed by atoms with Crippen molar-refractivity contribution in [3.8, 4) is 11.6 Å². The van der Waals surface area contributed by atoms with Gasteiger partial charge in [-0.3, -0.25) is 9.69 Å². The molecule has 1 fully saturated rings. The van der Waals surface area contributed by atoms with Crippen LogP contribution >= 0.6 is 0 Å². The van der Waals surface area contributed by atoms with Crippen LogP contribution in [0.5, 0.6) is 5.75 Å². The highest BCUT2D eigenvalue weighted by atomic mass is 19.1. The van der Waals surface area contributed by atoms with Crippen LogP contribution in [0.15, 0.2) is 58.3 Å². The number of aromatic nitrogens is 5. The first-order valence-electron chi connectivity index (χ1n) is 12.1. The van der Waals surface area contributed by atoms with Crippen molar-refractivity contribution in [2.45, 2.75) is 20.1 Å². The van der Waals surface area contributed by atoms with Gasteiger partial charge in [-0.1, -0.05) is 23.4 Å². The van der Waals surface area contributed by atoms with Crippen molar-refractivity contribution in [3.63, 3.8) is 0 Å². The lowest BCUT2D eigenvalue weighted by molar-refractivity contribution is 0.0335. The number of ether oxygens (including phenoxy) is 2. The van der Waals surface area contributed by atoms with E-state index in [-0.39, 0.29) is 29.8 Å². The van der Waals surface area contributed by atoms with Gasteiger partial charge in [-0.15, -0.1) is 5.10 Å². The monoisotopic (exact) mass is 535 g/mol. The summed E-state index contributed by atoms with van der Waals surface area (Å²) >= 11 is 0. The fourth-order valence-electron chi connectivity index (χ4n) is 3.92. The van der Waals surface area contributed by atoms with Crippen molar-refractivity contribution < 1.29 is 23.3 Å². The topological polar surface area (TPSA) is 159 Å². The first kappa shape index (κ1) is 25.9. The van der Waals surface area contributed by atoms with Crippen molar-refractivity contribution in [2.75, 3.05) is 32.0 Å². The Morgan fingerprint density at radius 2 is 1.92 bits per heavy atom. The van der Waals surface area contributed by atoms with Gasteiger partial charge in [0.05, 0.1) is 18.9 Å². The standard InChI is InChI=1S/C25H26FN9O4/c1-16(17-6-8-19(9-7-17)38-15-18-4-2-3-5-20(18)26)28-30-25(36)22-21(14-34-10-12-37-13-11-34)29-33-35(22)24-23(27)31-39-32-24/h2-9H,10-15H2,1H3,(H2,27,31)(H,30,36). The molecule has 1 amide bonds. The molecule has 0 atom stereocenters. The quantitative estimate of drug-likeness (QED) is 0.240. The fraction of sp³-hybridized carbons (Fsp3) is 0.280. The SMILES string of the molecule is CC(=NNC(=O)c1c(CN2CCOCC2)nnn1-c1nonc1N)c1ccc(OCc2ccccc2F)cc1. The van der Waals surface area contributed by atoms with Gasteiger partial charge in [0.15, 0.2) is 5.69 Å². The smallest absolute Gasteiger partial charge is 0.292 e. The highest BCUT2D eigenvalue weighted by molar-refractivity contribution is 6.00. The summed E-state index contributed by atoms with van der Waals surface area (Å²) in [6.45, 7) is 4.79. The van der Waals surface area contributed by atoms with Crippen LogP contribution in [0.25, 0.3) is 5.82 Å². The molecule has 0 unspecified atom stereocenters. The van der Waals surface area contributed by atoms with Gasteiger partial charge in [0.25, 0.3) is 5.91 Å². The van der Waals surface area contributed by atoms with E-state index in [2.05, 4.69) is 40.7 Å². The summed E-state index contributed by atoms with van der Waals surface area (Å²) in [6, 6.07) is 13.5. The number of carbonyl (C=O) groups is 1. The maximum atomic E-state index is 13.8. The Balaban J connectivity index is 1.29. The molecule has 0 saturated carbocycles. The lowest BCUT2D eigenvalue weighted by Crippen LogP contribution is -2.36. The van der Waals surface area contributed by atoms with Gasteiger partial charge < -0.3 is 15.2 Å². The van der Waals surface area contributed by atoms with E-state index in [1.54, 1.807) is 49.4 Å². The molecule has 3 heterocycles. The van der Waals surface area contributed by atoms with Crippen LogP contribution in [0.1, 0.15) is 34.2 Å². The van der Waals surface area contributed by atoms with Gasteiger partial charge >= 0.3 is 0 Å². The largest absolute Gasteiger partial charge is 0.489 e. The Hall–Kier alpha value is -4.69. The van der Waals surface area contributed by atoms with Crippen molar-refractivity contribution in [2.24, 2.45) is 5.10 Å². The minimum atomic E-state index is -0.560. The Kier molecular flexibility index (Phi) is 7.84. The number of nitrogens with one attached hydrogen (secondary N) is 1. The summed E-state index contributed by atoms with van der Waals surface area (Å²) in [5.41, 5.74) is 10.7. The molecule has 13 nitrogen and oxygen atoms in total. The molecule has 2 aromatic carbocycles. The van der Waals surface area contributed by atoms with Crippen LogP contribution in [-0.2, 0) is 17.9 Å². The lowest BCUT2D eigenvalue weighted by atomic mass is 10.1. The third-order valence-electron chi connectivity index (χ3n) is 6.08. The van der Waals surface area contributed by atoms with Gasteiger partial charge in [0.1, 0.15) is 23.9 Å². The number of benzene rings is 2. The molecular weight excluding hydrogens is 509 g/mol. The number of hydrogen-bond donors (Lipinski definition) is 2. The predicted octanol–water partition coefficient (Wildman–Crippen LogP) is 1.94. The molecule has 4 aromatic rings. The summed E-state index contributed by atoms with van der Waals surface area (Å²) in [6.07, 6.45) is 0. The molecule has 1 aliphatic heterocycles. The van der Waals surface area contributed by atoms with Crippen LogP contribution in [-0.4, -0.2) is 68.1 Å². The van der Waals surface area contributed by atoms with E-state index < -0.39 is 5.91 Å². The maximum absolute atomic E-state index is 13.8. The molecule has 3 N–H and O–H groups in total. The number of nitrogens with two attached hydrogens (primary N) is 1. The normalized spacial score (nSPS) is 14.4.